The first-order valence-corrected chi connectivity index (χ1v) is 7.08. The molecule has 6 nitrogen and oxygen atoms in total. The van der Waals surface area contributed by atoms with Gasteiger partial charge in [-0.3, -0.25) is 14.4 Å². The fourth-order valence-electron chi connectivity index (χ4n) is 2.35. The summed E-state index contributed by atoms with van der Waals surface area (Å²) in [4.78, 5) is 35.3. The molecule has 0 bridgehead atoms. The molecule has 122 valence electrons. The Balaban J connectivity index is 2.01. The van der Waals surface area contributed by atoms with Gasteiger partial charge in [0, 0.05) is 11.1 Å². The highest BCUT2D eigenvalue weighted by Gasteiger charge is 2.33. The van der Waals surface area contributed by atoms with Crippen molar-refractivity contribution in [3.8, 4) is 0 Å². The van der Waals surface area contributed by atoms with Crippen molar-refractivity contribution in [2.45, 2.75) is 6.61 Å². The van der Waals surface area contributed by atoms with Crippen LogP contribution >= 0.6 is 0 Å². The maximum atomic E-state index is 13.3. The molecule has 0 fully saturated rings. The second kappa shape index (κ2) is 6.59. The third kappa shape index (κ3) is 2.89. The van der Waals surface area contributed by atoms with Crippen LogP contribution in [-0.2, 0) is 21.1 Å². The second-order valence-corrected chi connectivity index (χ2v) is 4.97. The summed E-state index contributed by atoms with van der Waals surface area (Å²) in [5, 5.41) is 4.31. The average Bonchev–Trinajstić information content (AvgIpc) is 2.72. The summed E-state index contributed by atoms with van der Waals surface area (Å²) in [7, 11) is 1.30. The van der Waals surface area contributed by atoms with Crippen LogP contribution in [0, 0.1) is 5.82 Å². The summed E-state index contributed by atoms with van der Waals surface area (Å²) in [6.07, 6.45) is 0. The van der Waals surface area contributed by atoms with Crippen LogP contribution in [0.4, 0.5) is 4.39 Å². The maximum absolute atomic E-state index is 13.3. The molecule has 3 rings (SSSR count). The van der Waals surface area contributed by atoms with E-state index in [2.05, 4.69) is 5.16 Å². The highest BCUT2D eigenvalue weighted by atomic mass is 19.1. The zero-order valence-electron chi connectivity index (χ0n) is 12.7. The SMILES string of the molecule is CO/N=C1/C(=O)N(C(=O)c2cccc(F)c2)OCc2ccccc21. The van der Waals surface area contributed by atoms with Crippen LogP contribution in [0.2, 0.25) is 0 Å². The van der Waals surface area contributed by atoms with E-state index < -0.39 is 17.6 Å². The van der Waals surface area contributed by atoms with Crippen molar-refractivity contribution in [3.63, 3.8) is 0 Å². The van der Waals surface area contributed by atoms with Gasteiger partial charge in [0.1, 0.15) is 19.5 Å². The van der Waals surface area contributed by atoms with E-state index in [-0.39, 0.29) is 17.9 Å². The van der Waals surface area contributed by atoms with Gasteiger partial charge in [-0.1, -0.05) is 35.5 Å². The Kier molecular flexibility index (Phi) is 4.35. The molecular weight excluding hydrogens is 315 g/mol. The minimum atomic E-state index is -0.781. The van der Waals surface area contributed by atoms with Crippen LogP contribution in [0.3, 0.4) is 0 Å². The molecule has 0 unspecified atom stereocenters. The van der Waals surface area contributed by atoms with E-state index in [1.54, 1.807) is 24.3 Å². The fraction of sp³-hybridized carbons (Fsp3) is 0.118. The molecule has 2 aromatic rings. The van der Waals surface area contributed by atoms with Crippen molar-refractivity contribution in [3.05, 3.63) is 71.0 Å². The maximum Gasteiger partial charge on any atom is 0.307 e. The van der Waals surface area contributed by atoms with Gasteiger partial charge in [-0.2, -0.15) is 0 Å². The average molecular weight is 328 g/mol. The molecule has 0 saturated carbocycles. The number of oxime groups is 1. The Morgan fingerprint density at radius 3 is 2.79 bits per heavy atom. The van der Waals surface area contributed by atoms with E-state index in [0.29, 0.717) is 16.2 Å². The van der Waals surface area contributed by atoms with Gasteiger partial charge in [-0.15, -0.1) is 5.06 Å². The van der Waals surface area contributed by atoms with Crippen molar-refractivity contribution in [2.75, 3.05) is 7.11 Å². The molecule has 0 aliphatic carbocycles. The molecule has 1 heterocycles. The van der Waals surface area contributed by atoms with Gasteiger partial charge in [0.15, 0.2) is 5.71 Å². The summed E-state index contributed by atoms with van der Waals surface area (Å²) in [5.41, 5.74) is 1.12. The molecular formula is C17H13FN2O4. The molecule has 24 heavy (non-hydrogen) atoms. The van der Waals surface area contributed by atoms with E-state index >= 15 is 0 Å². The van der Waals surface area contributed by atoms with Gasteiger partial charge in [0.25, 0.3) is 5.91 Å². The monoisotopic (exact) mass is 328 g/mol. The van der Waals surface area contributed by atoms with E-state index in [1.165, 1.54) is 25.3 Å². The number of rotatable bonds is 2. The van der Waals surface area contributed by atoms with E-state index in [4.69, 9.17) is 9.68 Å². The number of carbonyl (C=O) groups excluding carboxylic acids is 2. The lowest BCUT2D eigenvalue weighted by molar-refractivity contribution is -0.165. The van der Waals surface area contributed by atoms with Crippen molar-refractivity contribution in [2.24, 2.45) is 5.16 Å². The molecule has 0 atom stereocenters. The van der Waals surface area contributed by atoms with E-state index in [0.717, 1.165) is 6.07 Å². The third-order valence-electron chi connectivity index (χ3n) is 3.45. The first-order chi connectivity index (χ1) is 11.6. The predicted octanol–water partition coefficient (Wildman–Crippen LogP) is 2.29. The summed E-state index contributed by atoms with van der Waals surface area (Å²) in [5.74, 6) is -2.15. The van der Waals surface area contributed by atoms with Crippen molar-refractivity contribution < 1.29 is 23.7 Å². The zero-order chi connectivity index (χ0) is 17.1. The Morgan fingerprint density at radius 2 is 2.04 bits per heavy atom. The first-order valence-electron chi connectivity index (χ1n) is 7.08. The zero-order valence-corrected chi connectivity index (χ0v) is 12.7. The van der Waals surface area contributed by atoms with Crippen LogP contribution in [0.25, 0.3) is 0 Å². The van der Waals surface area contributed by atoms with Gasteiger partial charge in [0.2, 0.25) is 0 Å². The predicted molar refractivity (Wildman–Crippen MR) is 82.4 cm³/mol. The molecule has 1 aliphatic rings. The van der Waals surface area contributed by atoms with Crippen molar-refractivity contribution in [1.29, 1.82) is 0 Å². The van der Waals surface area contributed by atoms with Gasteiger partial charge in [-0.05, 0) is 23.8 Å². The Hall–Kier alpha value is -3.06. The Bertz CT molecular complexity index is 835. The van der Waals surface area contributed by atoms with Crippen molar-refractivity contribution in [1.82, 2.24) is 5.06 Å². The lowest BCUT2D eigenvalue weighted by Gasteiger charge is -2.17. The Labute approximate surface area is 137 Å². The van der Waals surface area contributed by atoms with Crippen LogP contribution in [0.5, 0.6) is 0 Å². The van der Waals surface area contributed by atoms with Gasteiger partial charge in [0.05, 0.1) is 0 Å². The number of imide groups is 1. The first kappa shape index (κ1) is 15.8. The number of halogens is 1. The summed E-state index contributed by atoms with van der Waals surface area (Å²) >= 11 is 0. The number of carbonyl (C=O) groups is 2. The quantitative estimate of drug-likeness (QED) is 0.626. The lowest BCUT2D eigenvalue weighted by atomic mass is 10.0. The summed E-state index contributed by atoms with van der Waals surface area (Å²) < 4.78 is 13.3. The lowest BCUT2D eigenvalue weighted by Crippen LogP contribution is -2.40. The Morgan fingerprint density at radius 1 is 1.25 bits per heavy atom. The molecule has 0 saturated heterocycles. The topological polar surface area (TPSA) is 68.2 Å². The molecule has 0 aromatic heterocycles. The number of amides is 2. The molecule has 2 aromatic carbocycles. The highest BCUT2D eigenvalue weighted by molar-refractivity contribution is 6.47. The molecule has 0 radical (unpaired) electrons. The van der Waals surface area contributed by atoms with Crippen LogP contribution < -0.4 is 0 Å². The summed E-state index contributed by atoms with van der Waals surface area (Å²) in [6, 6.07) is 12.0. The number of fused-ring (bicyclic) bond motifs is 1. The van der Waals surface area contributed by atoms with Crippen LogP contribution in [-0.4, -0.2) is 29.7 Å². The summed E-state index contributed by atoms with van der Waals surface area (Å²) in [6.45, 7) is -0.00823. The standard InChI is InChI=1S/C17H13FN2O4/c1-23-19-15-14-8-3-2-5-12(14)10-24-20(17(15)22)16(21)11-6-4-7-13(18)9-11/h2-9H,10H2,1H3/b19-15+. The molecule has 0 N–H and O–H groups in total. The normalized spacial score (nSPS) is 15.8. The highest BCUT2D eigenvalue weighted by Crippen LogP contribution is 2.20. The van der Waals surface area contributed by atoms with E-state index in [1.807, 2.05) is 0 Å². The van der Waals surface area contributed by atoms with Crippen molar-refractivity contribution >= 4 is 17.5 Å². The molecule has 7 heteroatoms. The van der Waals surface area contributed by atoms with Crippen LogP contribution in [0.1, 0.15) is 21.5 Å². The second-order valence-electron chi connectivity index (χ2n) is 4.97. The number of hydrogen-bond acceptors (Lipinski definition) is 5. The minimum Gasteiger partial charge on any atom is -0.398 e. The molecule has 0 spiro atoms. The van der Waals surface area contributed by atoms with E-state index in [9.17, 15) is 14.0 Å². The van der Waals surface area contributed by atoms with Gasteiger partial charge < -0.3 is 4.84 Å². The molecule has 1 aliphatic heterocycles. The van der Waals surface area contributed by atoms with Crippen LogP contribution in [0.15, 0.2) is 53.7 Å². The molecule has 2 amide bonds. The fourth-order valence-corrected chi connectivity index (χ4v) is 2.35. The largest absolute Gasteiger partial charge is 0.398 e. The number of hydrogen-bond donors (Lipinski definition) is 0. The third-order valence-corrected chi connectivity index (χ3v) is 3.45. The number of nitrogens with zero attached hydrogens (tertiary/aromatic N) is 2. The van der Waals surface area contributed by atoms with Gasteiger partial charge in [-0.25, -0.2) is 4.39 Å². The number of hydroxylamine groups is 2. The number of benzene rings is 2. The van der Waals surface area contributed by atoms with Gasteiger partial charge >= 0.3 is 5.91 Å². The smallest absolute Gasteiger partial charge is 0.307 e. The minimum absolute atomic E-state index is 0.00823.